The molecule has 1 saturated heterocycles. The molecule has 1 aromatic heterocycles. The maximum atomic E-state index is 14.1. The van der Waals surface area contributed by atoms with Crippen LogP contribution in [0.15, 0.2) is 42.6 Å². The predicted octanol–water partition coefficient (Wildman–Crippen LogP) is 4.74. The molecule has 4 rings (SSSR count). The number of likely N-dealkylation sites (tertiary alicyclic amines) is 1. The van der Waals surface area contributed by atoms with Crippen LogP contribution in [0.1, 0.15) is 49.4 Å². The highest BCUT2D eigenvalue weighted by atomic mass is 35.5. The Morgan fingerprint density at radius 1 is 1.17 bits per heavy atom. The van der Waals surface area contributed by atoms with Gasteiger partial charge in [-0.25, -0.2) is 4.39 Å². The van der Waals surface area contributed by atoms with Crippen LogP contribution in [0.4, 0.5) is 4.39 Å². The number of halogens is 2. The van der Waals surface area contributed by atoms with E-state index in [1.165, 1.54) is 6.07 Å². The summed E-state index contributed by atoms with van der Waals surface area (Å²) < 4.78 is 14.1. The Labute approximate surface area is 176 Å². The van der Waals surface area contributed by atoms with Gasteiger partial charge in [0.05, 0.1) is 11.7 Å². The van der Waals surface area contributed by atoms with E-state index in [1.54, 1.807) is 18.3 Å². The van der Waals surface area contributed by atoms with Crippen molar-refractivity contribution in [1.29, 1.82) is 0 Å². The minimum absolute atomic E-state index is 0.0662. The van der Waals surface area contributed by atoms with E-state index >= 15 is 0 Å². The first-order chi connectivity index (χ1) is 14.1. The molecule has 1 saturated carbocycles. The number of pyridine rings is 1. The third-order valence-electron chi connectivity index (χ3n) is 6.33. The predicted molar refractivity (Wildman–Crippen MR) is 112 cm³/mol. The van der Waals surface area contributed by atoms with Crippen molar-refractivity contribution in [3.8, 4) is 0 Å². The molecular formula is C23H27ClFN3O. The molecule has 6 heteroatoms. The summed E-state index contributed by atoms with van der Waals surface area (Å²) in [6.45, 7) is 2.21. The van der Waals surface area contributed by atoms with Crippen LogP contribution in [-0.2, 0) is 11.3 Å². The fourth-order valence-electron chi connectivity index (χ4n) is 4.29. The van der Waals surface area contributed by atoms with E-state index in [9.17, 15) is 9.18 Å². The lowest BCUT2D eigenvalue weighted by atomic mass is 9.83. The molecule has 0 radical (unpaired) electrons. The van der Waals surface area contributed by atoms with Gasteiger partial charge in [0, 0.05) is 29.2 Å². The molecule has 2 aromatic rings. The molecule has 1 aromatic carbocycles. The summed E-state index contributed by atoms with van der Waals surface area (Å²) in [5.41, 5.74) is 1.49. The molecule has 1 atom stereocenters. The minimum atomic E-state index is -0.251. The average Bonchev–Trinajstić information content (AvgIpc) is 2.69. The van der Waals surface area contributed by atoms with Gasteiger partial charge in [0.15, 0.2) is 0 Å². The summed E-state index contributed by atoms with van der Waals surface area (Å²) in [5.74, 6) is 0.386. The Balaban J connectivity index is 1.41. The van der Waals surface area contributed by atoms with Crippen LogP contribution < -0.4 is 5.32 Å². The number of piperidine rings is 1. The zero-order chi connectivity index (χ0) is 20.2. The first-order valence-corrected chi connectivity index (χ1v) is 10.9. The zero-order valence-electron chi connectivity index (χ0n) is 16.5. The van der Waals surface area contributed by atoms with Gasteiger partial charge in [0.1, 0.15) is 5.82 Å². The van der Waals surface area contributed by atoms with Crippen molar-refractivity contribution in [1.82, 2.24) is 15.2 Å². The first-order valence-electron chi connectivity index (χ1n) is 10.5. The number of nitrogens with one attached hydrogen (secondary N) is 1. The van der Waals surface area contributed by atoms with Crippen molar-refractivity contribution in [3.63, 3.8) is 0 Å². The van der Waals surface area contributed by atoms with Crippen LogP contribution in [0.5, 0.6) is 0 Å². The van der Waals surface area contributed by atoms with Gasteiger partial charge < -0.3 is 5.32 Å². The highest BCUT2D eigenvalue weighted by Crippen LogP contribution is 2.33. The summed E-state index contributed by atoms with van der Waals surface area (Å²) in [5, 5.41) is 3.76. The highest BCUT2D eigenvalue weighted by molar-refractivity contribution is 6.31. The number of carbonyl (C=O) groups excluding carboxylic acids is 1. The Morgan fingerprint density at radius 2 is 1.97 bits per heavy atom. The number of aromatic nitrogens is 1. The highest BCUT2D eigenvalue weighted by Gasteiger charge is 2.33. The molecule has 29 heavy (non-hydrogen) atoms. The van der Waals surface area contributed by atoms with Gasteiger partial charge in [0.2, 0.25) is 5.91 Å². The van der Waals surface area contributed by atoms with Crippen LogP contribution in [0.3, 0.4) is 0 Å². The largest absolute Gasteiger partial charge is 0.347 e. The van der Waals surface area contributed by atoms with Crippen LogP contribution in [0.2, 0.25) is 5.02 Å². The molecule has 0 bridgehead atoms. The molecule has 2 fully saturated rings. The second-order valence-corrected chi connectivity index (χ2v) is 8.59. The van der Waals surface area contributed by atoms with Crippen molar-refractivity contribution in [2.24, 2.45) is 11.8 Å². The van der Waals surface area contributed by atoms with E-state index in [2.05, 4.69) is 15.2 Å². The second kappa shape index (κ2) is 9.23. The standard InChI is InChI=1S/C23H27ClFN3O/c24-19-7-4-8-20(25)18(19)15-28-13-10-16(11-14-28)22(21-9-1-2-12-26-21)27-23(29)17-5-3-6-17/h1-2,4,7-9,12,16-17,22H,3,5-6,10-11,13-15H2,(H,27,29)/t22-/m1/s1. The monoisotopic (exact) mass is 415 g/mol. The first kappa shape index (κ1) is 20.3. The van der Waals surface area contributed by atoms with Crippen LogP contribution in [0, 0.1) is 17.7 Å². The lowest BCUT2D eigenvalue weighted by molar-refractivity contribution is -0.128. The Morgan fingerprint density at radius 3 is 2.59 bits per heavy atom. The number of nitrogens with zero attached hydrogens (tertiary/aromatic N) is 2. The molecule has 0 unspecified atom stereocenters. The molecule has 1 aliphatic heterocycles. The normalized spacial score (nSPS) is 19.5. The van der Waals surface area contributed by atoms with Gasteiger partial charge in [-0.1, -0.05) is 30.2 Å². The summed E-state index contributed by atoms with van der Waals surface area (Å²) in [6, 6.07) is 10.6. The van der Waals surface area contributed by atoms with E-state index in [0.717, 1.165) is 50.9 Å². The number of amides is 1. The molecule has 4 nitrogen and oxygen atoms in total. The van der Waals surface area contributed by atoms with Gasteiger partial charge in [0.25, 0.3) is 0 Å². The summed E-state index contributed by atoms with van der Waals surface area (Å²) >= 11 is 6.19. The van der Waals surface area contributed by atoms with E-state index < -0.39 is 0 Å². The van der Waals surface area contributed by atoms with Gasteiger partial charge in [-0.05, 0) is 69.0 Å². The summed E-state index contributed by atoms with van der Waals surface area (Å²) in [4.78, 5) is 19.4. The van der Waals surface area contributed by atoms with E-state index in [1.807, 2.05) is 18.2 Å². The van der Waals surface area contributed by atoms with Gasteiger partial charge in [-0.2, -0.15) is 0 Å². The van der Waals surface area contributed by atoms with Crippen LogP contribution in [-0.4, -0.2) is 28.9 Å². The SMILES string of the molecule is O=C(N[C@@H](c1ccccn1)C1CCN(Cc2c(F)cccc2Cl)CC1)C1CCC1. The summed E-state index contributed by atoms with van der Waals surface area (Å²) in [6.07, 6.45) is 6.76. The molecular weight excluding hydrogens is 389 g/mol. The fraction of sp³-hybridized carbons (Fsp3) is 0.478. The maximum absolute atomic E-state index is 14.1. The Hall–Kier alpha value is -1.98. The van der Waals surface area contributed by atoms with E-state index in [4.69, 9.17) is 11.6 Å². The van der Waals surface area contributed by atoms with Crippen molar-refractivity contribution in [2.45, 2.75) is 44.7 Å². The fourth-order valence-corrected chi connectivity index (χ4v) is 4.51. The van der Waals surface area contributed by atoms with Gasteiger partial charge in [-0.3, -0.25) is 14.7 Å². The number of carbonyl (C=O) groups is 1. The molecule has 1 aliphatic carbocycles. The Kier molecular flexibility index (Phi) is 6.46. The number of hydrogen-bond donors (Lipinski definition) is 1. The van der Waals surface area contributed by atoms with E-state index in [0.29, 0.717) is 23.0 Å². The lowest BCUT2D eigenvalue weighted by Crippen LogP contribution is -2.43. The van der Waals surface area contributed by atoms with Crippen molar-refractivity contribution in [3.05, 3.63) is 64.7 Å². The van der Waals surface area contributed by atoms with Gasteiger partial charge >= 0.3 is 0 Å². The average molecular weight is 416 g/mol. The number of benzene rings is 1. The topological polar surface area (TPSA) is 45.2 Å². The van der Waals surface area contributed by atoms with Crippen molar-refractivity contribution >= 4 is 17.5 Å². The van der Waals surface area contributed by atoms with Gasteiger partial charge in [-0.15, -0.1) is 0 Å². The molecule has 2 aliphatic rings. The maximum Gasteiger partial charge on any atom is 0.223 e. The zero-order valence-corrected chi connectivity index (χ0v) is 17.2. The lowest BCUT2D eigenvalue weighted by Gasteiger charge is -2.37. The summed E-state index contributed by atoms with van der Waals surface area (Å²) in [7, 11) is 0. The number of hydrogen-bond acceptors (Lipinski definition) is 3. The van der Waals surface area contributed by atoms with E-state index in [-0.39, 0.29) is 23.7 Å². The van der Waals surface area contributed by atoms with Crippen molar-refractivity contribution < 1.29 is 9.18 Å². The van der Waals surface area contributed by atoms with Crippen LogP contribution in [0.25, 0.3) is 0 Å². The van der Waals surface area contributed by atoms with Crippen molar-refractivity contribution in [2.75, 3.05) is 13.1 Å². The smallest absolute Gasteiger partial charge is 0.223 e. The van der Waals surface area contributed by atoms with Crippen LogP contribution >= 0.6 is 11.6 Å². The minimum Gasteiger partial charge on any atom is -0.347 e. The number of rotatable bonds is 6. The molecule has 1 amide bonds. The Bertz CT molecular complexity index is 815. The third-order valence-corrected chi connectivity index (χ3v) is 6.68. The molecule has 154 valence electrons. The molecule has 0 spiro atoms. The molecule has 2 heterocycles. The molecule has 1 N–H and O–H groups in total. The second-order valence-electron chi connectivity index (χ2n) is 8.18. The third kappa shape index (κ3) is 4.78. The quantitative estimate of drug-likeness (QED) is 0.740.